The van der Waals surface area contributed by atoms with E-state index in [9.17, 15) is 13.3 Å². The summed E-state index contributed by atoms with van der Waals surface area (Å²) in [5.41, 5.74) is 0. The Morgan fingerprint density at radius 2 is 1.78 bits per heavy atom. The van der Waals surface area contributed by atoms with Crippen LogP contribution in [0.1, 0.15) is 20.8 Å². The highest BCUT2D eigenvalue weighted by atomic mass is 35.5. The fourth-order valence-electron chi connectivity index (χ4n) is 2.26. The Hall–Kier alpha value is -1.55. The predicted octanol–water partition coefficient (Wildman–Crippen LogP) is 6.62. The van der Waals surface area contributed by atoms with E-state index in [0.29, 0.717) is 0 Å². The summed E-state index contributed by atoms with van der Waals surface area (Å²) in [6, 6.07) is 6.03. The number of halogens is 4. The summed E-state index contributed by atoms with van der Waals surface area (Å²) in [6.45, 7) is 8.65. The Kier molecular flexibility index (Phi) is 6.62. The first-order valence-electron chi connectivity index (χ1n) is 7.98. The molecule has 0 aliphatic carbocycles. The van der Waals surface area contributed by atoms with E-state index in [-0.39, 0.29) is 33.5 Å². The van der Waals surface area contributed by atoms with Crippen LogP contribution in [0, 0.1) is 11.6 Å². The summed E-state index contributed by atoms with van der Waals surface area (Å²) in [7, 11) is -3.87. The van der Waals surface area contributed by atoms with Crippen LogP contribution in [0.4, 0.5) is 8.78 Å². The van der Waals surface area contributed by atoms with Crippen LogP contribution in [0.15, 0.2) is 43.0 Å². The van der Waals surface area contributed by atoms with Gasteiger partial charge < -0.3 is 9.26 Å². The summed E-state index contributed by atoms with van der Waals surface area (Å²) >= 11 is 12.0. The monoisotopic (exact) mass is 434 g/mol. The Morgan fingerprint density at radius 3 is 2.33 bits per heavy atom. The molecule has 27 heavy (non-hydrogen) atoms. The zero-order valence-electron chi connectivity index (χ0n) is 15.1. The molecule has 0 radical (unpaired) electrons. The van der Waals surface area contributed by atoms with E-state index in [1.165, 1.54) is 24.3 Å². The van der Waals surface area contributed by atoms with Crippen LogP contribution in [0.5, 0.6) is 11.5 Å². The van der Waals surface area contributed by atoms with Crippen LogP contribution in [-0.4, -0.2) is 11.8 Å². The molecule has 0 N–H and O–H groups in total. The normalized spacial score (nSPS) is 13.7. The van der Waals surface area contributed by atoms with E-state index in [0.717, 1.165) is 12.1 Å². The lowest BCUT2D eigenvalue weighted by Crippen LogP contribution is -2.29. The second-order valence-corrected chi connectivity index (χ2v) is 10.6. The molecule has 0 aromatic heterocycles. The van der Waals surface area contributed by atoms with Gasteiger partial charge in [0.05, 0.1) is 15.2 Å². The fourth-order valence-corrected chi connectivity index (χ4v) is 5.16. The molecule has 0 saturated heterocycles. The van der Waals surface area contributed by atoms with Crippen molar-refractivity contribution in [3.05, 3.63) is 64.7 Å². The van der Waals surface area contributed by atoms with Crippen molar-refractivity contribution in [2.45, 2.75) is 25.9 Å². The average molecular weight is 435 g/mol. The molecule has 0 amide bonds. The lowest BCUT2D eigenvalue weighted by molar-refractivity contribution is 0.364. The standard InChI is InChI=1S/C19H19Cl2F2O3P/c1-5-10-25-16-9-8-15(23)17(21)18(16)27(24,19(2,3)4)26-12-6-7-14(22)13(20)11-12/h5-9,11H,1,10H2,2-4H3. The quantitative estimate of drug-likeness (QED) is 0.378. The van der Waals surface area contributed by atoms with Gasteiger partial charge in [0.25, 0.3) is 7.37 Å². The number of hydrogen-bond donors (Lipinski definition) is 0. The summed E-state index contributed by atoms with van der Waals surface area (Å²) in [4.78, 5) is 0. The predicted molar refractivity (Wildman–Crippen MR) is 106 cm³/mol. The third-order valence-electron chi connectivity index (χ3n) is 3.69. The molecule has 0 aliphatic rings. The van der Waals surface area contributed by atoms with Crippen molar-refractivity contribution in [1.82, 2.24) is 0 Å². The van der Waals surface area contributed by atoms with Crippen LogP contribution >= 0.6 is 30.6 Å². The van der Waals surface area contributed by atoms with E-state index in [1.54, 1.807) is 20.8 Å². The number of ether oxygens (including phenoxy) is 1. The number of rotatable bonds is 6. The first-order chi connectivity index (χ1) is 12.5. The van der Waals surface area contributed by atoms with Gasteiger partial charge in [0.2, 0.25) is 0 Å². The van der Waals surface area contributed by atoms with Crippen molar-refractivity contribution in [2.75, 3.05) is 6.61 Å². The molecule has 0 bridgehead atoms. The highest BCUT2D eigenvalue weighted by Gasteiger charge is 2.45. The van der Waals surface area contributed by atoms with Crippen molar-refractivity contribution in [3.63, 3.8) is 0 Å². The zero-order chi connectivity index (χ0) is 20.4. The Labute approximate surface area is 167 Å². The van der Waals surface area contributed by atoms with Crippen molar-refractivity contribution in [2.24, 2.45) is 0 Å². The summed E-state index contributed by atoms with van der Waals surface area (Å²) in [5.74, 6) is -1.22. The van der Waals surface area contributed by atoms with Gasteiger partial charge in [0, 0.05) is 6.07 Å². The van der Waals surface area contributed by atoms with Gasteiger partial charge in [-0.1, -0.05) is 35.9 Å². The largest absolute Gasteiger partial charge is 0.489 e. The highest BCUT2D eigenvalue weighted by Crippen LogP contribution is 2.60. The molecule has 8 heteroatoms. The van der Waals surface area contributed by atoms with Gasteiger partial charge in [0.15, 0.2) is 0 Å². The summed E-state index contributed by atoms with van der Waals surface area (Å²) in [5, 5.41) is -1.62. The number of benzene rings is 2. The molecule has 1 unspecified atom stereocenters. The first kappa shape index (κ1) is 21.7. The minimum absolute atomic E-state index is 0.0645. The molecule has 0 heterocycles. The van der Waals surface area contributed by atoms with Crippen molar-refractivity contribution >= 4 is 35.9 Å². The Bertz CT molecular complexity index is 911. The maximum Gasteiger partial charge on any atom is 0.287 e. The van der Waals surface area contributed by atoms with E-state index >= 15 is 0 Å². The molecule has 0 aliphatic heterocycles. The Balaban J connectivity index is 2.69. The van der Waals surface area contributed by atoms with Crippen LogP contribution in [-0.2, 0) is 4.57 Å². The Morgan fingerprint density at radius 1 is 1.15 bits per heavy atom. The van der Waals surface area contributed by atoms with E-state index in [2.05, 4.69) is 6.58 Å². The molecule has 3 nitrogen and oxygen atoms in total. The van der Waals surface area contributed by atoms with E-state index in [1.807, 2.05) is 0 Å². The second kappa shape index (κ2) is 8.22. The molecule has 2 rings (SSSR count). The third kappa shape index (κ3) is 4.48. The van der Waals surface area contributed by atoms with Crippen LogP contribution in [0.3, 0.4) is 0 Å². The molecule has 146 valence electrons. The highest BCUT2D eigenvalue weighted by molar-refractivity contribution is 7.69. The molecule has 0 saturated carbocycles. The van der Waals surface area contributed by atoms with Crippen molar-refractivity contribution in [3.8, 4) is 11.5 Å². The van der Waals surface area contributed by atoms with Gasteiger partial charge in [0.1, 0.15) is 35.0 Å². The SMILES string of the molecule is C=CCOc1ccc(F)c(Cl)c1P(=O)(Oc1ccc(F)c(Cl)c1)C(C)(C)C. The lowest BCUT2D eigenvalue weighted by atomic mass is 10.3. The van der Waals surface area contributed by atoms with Crippen molar-refractivity contribution < 1.29 is 22.6 Å². The smallest absolute Gasteiger partial charge is 0.287 e. The van der Waals surface area contributed by atoms with Crippen LogP contribution in [0.25, 0.3) is 0 Å². The number of hydrogen-bond acceptors (Lipinski definition) is 3. The molecule has 2 aromatic rings. The summed E-state index contributed by atoms with van der Waals surface area (Å²) in [6.07, 6.45) is 1.49. The average Bonchev–Trinajstić information content (AvgIpc) is 2.58. The van der Waals surface area contributed by atoms with Crippen molar-refractivity contribution in [1.29, 1.82) is 0 Å². The molecule has 1 atom stereocenters. The van der Waals surface area contributed by atoms with Gasteiger partial charge in [-0.15, -0.1) is 0 Å². The minimum atomic E-state index is -3.87. The van der Waals surface area contributed by atoms with Gasteiger partial charge in [-0.05, 0) is 45.0 Å². The van der Waals surface area contributed by atoms with Gasteiger partial charge >= 0.3 is 0 Å². The summed E-state index contributed by atoms with van der Waals surface area (Å²) < 4.78 is 53.0. The molecular weight excluding hydrogens is 416 g/mol. The second-order valence-electron chi connectivity index (χ2n) is 6.70. The lowest BCUT2D eigenvalue weighted by Gasteiger charge is -2.33. The third-order valence-corrected chi connectivity index (χ3v) is 7.75. The zero-order valence-corrected chi connectivity index (χ0v) is 17.5. The van der Waals surface area contributed by atoms with Gasteiger partial charge in [-0.3, -0.25) is 4.57 Å². The van der Waals surface area contributed by atoms with Gasteiger partial charge in [-0.25, -0.2) is 8.78 Å². The molecular formula is C19H19Cl2F2O3P. The van der Waals surface area contributed by atoms with Crippen LogP contribution in [0.2, 0.25) is 10.0 Å². The van der Waals surface area contributed by atoms with Gasteiger partial charge in [-0.2, -0.15) is 0 Å². The molecule has 0 spiro atoms. The van der Waals surface area contributed by atoms with E-state index < -0.39 is 24.2 Å². The molecule has 0 fully saturated rings. The fraction of sp³-hybridized carbons (Fsp3) is 0.263. The van der Waals surface area contributed by atoms with E-state index in [4.69, 9.17) is 32.5 Å². The first-order valence-corrected chi connectivity index (χ1v) is 10.4. The maximum absolute atomic E-state index is 14.2. The maximum atomic E-state index is 14.2. The molecule has 2 aromatic carbocycles. The topological polar surface area (TPSA) is 35.5 Å². The minimum Gasteiger partial charge on any atom is -0.489 e. The van der Waals surface area contributed by atoms with Crippen LogP contribution < -0.4 is 14.6 Å².